The minimum absolute atomic E-state index is 1.01. The van der Waals surface area contributed by atoms with Crippen LogP contribution >= 0.6 is 0 Å². The molecule has 2 radical (unpaired) electrons. The van der Waals surface area contributed by atoms with Crippen LogP contribution in [0.3, 0.4) is 0 Å². The van der Waals surface area contributed by atoms with Gasteiger partial charge in [0, 0.05) is 0 Å². The molecular weight excluding hydrogens is 451 g/mol. The van der Waals surface area contributed by atoms with Gasteiger partial charge >= 0.3 is 141 Å². The fourth-order valence-electron chi connectivity index (χ4n) is 2.39. The molecule has 0 aliphatic heterocycles. The molecule has 0 atom stereocenters. The van der Waals surface area contributed by atoms with E-state index in [4.69, 9.17) is 0 Å². The van der Waals surface area contributed by atoms with Gasteiger partial charge in [0.1, 0.15) is 0 Å². The molecule has 0 spiro atoms. The Morgan fingerprint density at radius 3 is 1.43 bits per heavy atom. The van der Waals surface area contributed by atoms with E-state index >= 15 is 0 Å². The van der Waals surface area contributed by atoms with Crippen LogP contribution < -0.4 is 6.25 Å². The van der Waals surface area contributed by atoms with E-state index < -0.39 is 24.2 Å². The first-order chi connectivity index (χ1) is 10.1. The van der Waals surface area contributed by atoms with Gasteiger partial charge in [-0.1, -0.05) is 0 Å². The SMILES string of the molecule is CN(C)Cc1cccc[c]1[Pb][c]1ccccc1CN(C)C. The van der Waals surface area contributed by atoms with Crippen molar-refractivity contribution in [3.8, 4) is 0 Å². The van der Waals surface area contributed by atoms with Gasteiger partial charge in [-0.2, -0.15) is 0 Å². The molecule has 0 heterocycles. The van der Waals surface area contributed by atoms with Crippen molar-refractivity contribution in [1.29, 1.82) is 0 Å². The maximum atomic E-state index is 2.34. The molecular formula is C18H24N2Pb. The Kier molecular flexibility index (Phi) is 6.39. The summed E-state index contributed by atoms with van der Waals surface area (Å²) in [6.07, 6.45) is 0. The normalized spacial score (nSPS) is 11.3. The van der Waals surface area contributed by atoms with Gasteiger partial charge in [0.2, 0.25) is 0 Å². The first-order valence-electron chi connectivity index (χ1n) is 7.28. The molecule has 110 valence electrons. The van der Waals surface area contributed by atoms with E-state index in [0.29, 0.717) is 0 Å². The fraction of sp³-hybridized carbons (Fsp3) is 0.333. The Hall–Kier alpha value is -0.718. The third-order valence-electron chi connectivity index (χ3n) is 3.28. The maximum absolute atomic E-state index is 2.34. The van der Waals surface area contributed by atoms with Gasteiger partial charge in [0.15, 0.2) is 0 Å². The van der Waals surface area contributed by atoms with E-state index in [0.717, 1.165) is 13.1 Å². The number of rotatable bonds is 6. The molecule has 0 N–H and O–H groups in total. The summed E-state index contributed by atoms with van der Waals surface area (Å²) in [7, 11) is 8.57. The molecule has 2 rings (SSSR count). The van der Waals surface area contributed by atoms with Crippen molar-refractivity contribution in [2.45, 2.75) is 13.1 Å². The summed E-state index contributed by atoms with van der Waals surface area (Å²) in [5.41, 5.74) is 3.01. The van der Waals surface area contributed by atoms with Gasteiger partial charge in [0.05, 0.1) is 0 Å². The molecule has 2 aromatic carbocycles. The van der Waals surface area contributed by atoms with Crippen LogP contribution in [-0.2, 0) is 13.1 Å². The molecule has 3 heteroatoms. The van der Waals surface area contributed by atoms with Crippen LogP contribution in [0.1, 0.15) is 11.1 Å². The van der Waals surface area contributed by atoms with E-state index in [1.54, 1.807) is 6.25 Å². The van der Waals surface area contributed by atoms with E-state index in [1.165, 1.54) is 11.1 Å². The van der Waals surface area contributed by atoms with E-state index in [2.05, 4.69) is 86.5 Å². The second kappa shape index (κ2) is 8.06. The summed E-state index contributed by atoms with van der Waals surface area (Å²) in [5.74, 6) is 0. The van der Waals surface area contributed by atoms with Gasteiger partial charge in [-0.3, -0.25) is 0 Å². The monoisotopic (exact) mass is 476 g/mol. The van der Waals surface area contributed by atoms with Crippen molar-refractivity contribution in [2.24, 2.45) is 0 Å². The third kappa shape index (κ3) is 5.20. The molecule has 2 aromatic rings. The molecule has 0 aliphatic carbocycles. The van der Waals surface area contributed by atoms with Crippen molar-refractivity contribution >= 4 is 30.5 Å². The molecule has 0 aromatic heterocycles. The molecule has 2 nitrogen and oxygen atoms in total. The van der Waals surface area contributed by atoms with Crippen molar-refractivity contribution in [3.05, 3.63) is 59.7 Å². The van der Waals surface area contributed by atoms with Gasteiger partial charge < -0.3 is 0 Å². The number of hydrogen-bond acceptors (Lipinski definition) is 2. The van der Waals surface area contributed by atoms with E-state index in [-0.39, 0.29) is 0 Å². The van der Waals surface area contributed by atoms with Crippen LogP contribution in [0.5, 0.6) is 0 Å². The van der Waals surface area contributed by atoms with Gasteiger partial charge in [-0.15, -0.1) is 0 Å². The molecule has 0 unspecified atom stereocenters. The quantitative estimate of drug-likeness (QED) is 0.584. The number of hydrogen-bond donors (Lipinski definition) is 0. The summed E-state index contributed by atoms with van der Waals surface area (Å²) in [5, 5.41) is 0. The zero-order valence-corrected chi connectivity index (χ0v) is 17.3. The predicted molar refractivity (Wildman–Crippen MR) is 92.7 cm³/mol. The summed E-state index contributed by atoms with van der Waals surface area (Å²) < 4.78 is 3.25. The standard InChI is InChI=1S/2C9H12N.Pb/c2*1-10(2)8-9-6-4-3-5-7-9;/h2*3-6H,8H2,1-2H3;. The first kappa shape index (κ1) is 16.6. The Labute approximate surface area is 141 Å². The molecule has 21 heavy (non-hydrogen) atoms. The molecule has 0 saturated heterocycles. The number of benzene rings is 2. The van der Waals surface area contributed by atoms with Gasteiger partial charge in [-0.25, -0.2) is 0 Å². The molecule has 0 bridgehead atoms. The second-order valence-corrected chi connectivity index (χ2v) is 11.1. The zero-order valence-electron chi connectivity index (χ0n) is 13.4. The van der Waals surface area contributed by atoms with Gasteiger partial charge in [-0.05, 0) is 0 Å². The predicted octanol–water partition coefficient (Wildman–Crippen LogP) is 1.46. The van der Waals surface area contributed by atoms with Crippen molar-refractivity contribution < 1.29 is 0 Å². The topological polar surface area (TPSA) is 6.48 Å². The molecule has 0 aliphatic rings. The van der Waals surface area contributed by atoms with Crippen LogP contribution in [0.25, 0.3) is 0 Å². The Morgan fingerprint density at radius 2 is 1.05 bits per heavy atom. The van der Waals surface area contributed by atoms with Crippen molar-refractivity contribution in [2.75, 3.05) is 28.2 Å². The minimum atomic E-state index is -1.01. The first-order valence-corrected chi connectivity index (χ1v) is 11.2. The second-order valence-electron chi connectivity index (χ2n) is 5.91. The summed E-state index contributed by atoms with van der Waals surface area (Å²) in [6.45, 7) is 2.08. The van der Waals surface area contributed by atoms with Crippen LogP contribution in [0.4, 0.5) is 0 Å². The third-order valence-corrected chi connectivity index (χ3v) is 9.16. The zero-order chi connectivity index (χ0) is 15.2. The average molecular weight is 476 g/mol. The fourth-order valence-corrected chi connectivity index (χ4v) is 7.42. The Bertz CT molecular complexity index is 527. The van der Waals surface area contributed by atoms with Crippen molar-refractivity contribution in [1.82, 2.24) is 9.80 Å². The van der Waals surface area contributed by atoms with Crippen LogP contribution in [0.15, 0.2) is 48.5 Å². The number of nitrogens with zero attached hydrogens (tertiary/aromatic N) is 2. The van der Waals surface area contributed by atoms with Crippen LogP contribution in [-0.4, -0.2) is 62.2 Å². The summed E-state index contributed by atoms with van der Waals surface area (Å²) in [6, 6.07) is 18.0. The van der Waals surface area contributed by atoms with Crippen LogP contribution in [0, 0.1) is 0 Å². The Morgan fingerprint density at radius 1 is 0.667 bits per heavy atom. The van der Waals surface area contributed by atoms with Gasteiger partial charge in [0.25, 0.3) is 0 Å². The Balaban J connectivity index is 2.26. The van der Waals surface area contributed by atoms with Crippen molar-refractivity contribution in [3.63, 3.8) is 0 Å². The van der Waals surface area contributed by atoms with E-state index in [9.17, 15) is 0 Å². The molecule has 0 amide bonds. The summed E-state index contributed by atoms with van der Waals surface area (Å²) in [4.78, 5) is 4.52. The van der Waals surface area contributed by atoms with E-state index in [1.807, 2.05) is 0 Å². The average Bonchev–Trinajstić information content (AvgIpc) is 2.42. The molecule has 0 saturated carbocycles. The summed E-state index contributed by atoms with van der Waals surface area (Å²) >= 11 is -1.01. The van der Waals surface area contributed by atoms with Crippen LogP contribution in [0.2, 0.25) is 0 Å². The molecule has 0 fully saturated rings.